The van der Waals surface area contributed by atoms with Gasteiger partial charge in [-0.3, -0.25) is 9.89 Å². The van der Waals surface area contributed by atoms with Crippen LogP contribution in [0.2, 0.25) is 0 Å². The number of rotatable bonds is 6. The maximum absolute atomic E-state index is 14.0. The molecule has 2 aromatic rings. The molecule has 2 amide bonds. The lowest BCUT2D eigenvalue weighted by Crippen LogP contribution is -2.35. The second-order valence-electron chi connectivity index (χ2n) is 7.52. The van der Waals surface area contributed by atoms with Crippen molar-refractivity contribution in [3.8, 4) is 0 Å². The van der Waals surface area contributed by atoms with Crippen molar-refractivity contribution >= 4 is 17.8 Å². The van der Waals surface area contributed by atoms with Gasteiger partial charge in [-0.2, -0.15) is 5.10 Å². The molecule has 0 bridgehead atoms. The van der Waals surface area contributed by atoms with Crippen LogP contribution in [0.1, 0.15) is 42.9 Å². The average Bonchev–Trinajstić information content (AvgIpc) is 3.36. The highest BCUT2D eigenvalue weighted by Gasteiger charge is 2.36. The third-order valence-electron chi connectivity index (χ3n) is 5.28. The second-order valence-corrected chi connectivity index (χ2v) is 7.52. The van der Waals surface area contributed by atoms with E-state index in [1.807, 2.05) is 0 Å². The molecule has 2 heterocycles. The van der Waals surface area contributed by atoms with Crippen molar-refractivity contribution in [1.29, 1.82) is 0 Å². The number of carbonyl (C=O) groups excluding carboxylic acids is 2. The standard InChI is InChI=1S/C20H22F2N4O4/c21-14-4-1-3-12(7-14)11-26(22)20(28)30-15-8-13(9-15)16-10-18(25-24-16)23-19(27)17-5-2-6-29-17/h1,3-4,7,10,13,15,17H,2,5-6,8-9,11H2,(H2,23,24,25,27). The van der Waals surface area contributed by atoms with Crippen LogP contribution in [0, 0.1) is 5.82 Å². The summed E-state index contributed by atoms with van der Waals surface area (Å²) >= 11 is 0. The second kappa shape index (κ2) is 8.78. The lowest BCUT2D eigenvalue weighted by Gasteiger charge is -2.34. The number of aromatic nitrogens is 2. The Kier molecular flexibility index (Phi) is 5.93. The van der Waals surface area contributed by atoms with E-state index in [2.05, 4.69) is 15.5 Å². The molecule has 2 N–H and O–H groups in total. The first-order valence-electron chi connectivity index (χ1n) is 9.84. The molecule has 1 aromatic heterocycles. The third-order valence-corrected chi connectivity index (χ3v) is 5.28. The maximum Gasteiger partial charge on any atom is 0.438 e. The van der Waals surface area contributed by atoms with Crippen LogP contribution in [0.15, 0.2) is 30.3 Å². The first kappa shape index (κ1) is 20.3. The van der Waals surface area contributed by atoms with E-state index in [0.29, 0.717) is 37.3 Å². The third kappa shape index (κ3) is 4.76. The van der Waals surface area contributed by atoms with Crippen molar-refractivity contribution < 1.29 is 27.9 Å². The Balaban J connectivity index is 1.21. The van der Waals surface area contributed by atoms with Gasteiger partial charge in [0.05, 0.1) is 6.54 Å². The Labute approximate surface area is 171 Å². The van der Waals surface area contributed by atoms with Gasteiger partial charge in [-0.15, -0.1) is 5.12 Å². The van der Waals surface area contributed by atoms with Gasteiger partial charge in [0.15, 0.2) is 5.82 Å². The summed E-state index contributed by atoms with van der Waals surface area (Å²) in [5.74, 6) is -0.231. The highest BCUT2D eigenvalue weighted by atomic mass is 19.2. The zero-order chi connectivity index (χ0) is 21.1. The number of ether oxygens (including phenoxy) is 2. The number of amides is 2. The molecule has 160 valence electrons. The lowest BCUT2D eigenvalue weighted by atomic mass is 9.80. The number of halogens is 2. The quantitative estimate of drug-likeness (QED) is 0.698. The van der Waals surface area contributed by atoms with Crippen molar-refractivity contribution in [2.24, 2.45) is 0 Å². The first-order chi connectivity index (χ1) is 14.5. The zero-order valence-electron chi connectivity index (χ0n) is 16.1. The van der Waals surface area contributed by atoms with Gasteiger partial charge in [-0.1, -0.05) is 16.6 Å². The number of hydrogen-bond donors (Lipinski definition) is 2. The summed E-state index contributed by atoms with van der Waals surface area (Å²) in [6, 6.07) is 7.11. The maximum atomic E-state index is 14.0. The molecule has 1 saturated carbocycles. The molecule has 0 spiro atoms. The van der Waals surface area contributed by atoms with Gasteiger partial charge in [-0.25, -0.2) is 9.18 Å². The molecule has 0 radical (unpaired) electrons. The van der Waals surface area contributed by atoms with E-state index >= 15 is 0 Å². The van der Waals surface area contributed by atoms with Gasteiger partial charge < -0.3 is 14.8 Å². The summed E-state index contributed by atoms with van der Waals surface area (Å²) < 4.78 is 37.6. The topological polar surface area (TPSA) is 96.6 Å². The molecule has 10 heteroatoms. The smallest absolute Gasteiger partial charge is 0.438 e. The van der Waals surface area contributed by atoms with E-state index in [0.717, 1.165) is 18.2 Å². The summed E-state index contributed by atoms with van der Waals surface area (Å²) in [7, 11) is 0. The van der Waals surface area contributed by atoms with Gasteiger partial charge in [0.25, 0.3) is 5.91 Å². The molecule has 1 aliphatic heterocycles. The first-order valence-corrected chi connectivity index (χ1v) is 9.84. The van der Waals surface area contributed by atoms with Crippen LogP contribution in [0.25, 0.3) is 0 Å². The monoisotopic (exact) mass is 420 g/mol. The van der Waals surface area contributed by atoms with Crippen molar-refractivity contribution in [2.75, 3.05) is 11.9 Å². The van der Waals surface area contributed by atoms with E-state index in [-0.39, 0.29) is 23.5 Å². The molecule has 2 fully saturated rings. The van der Waals surface area contributed by atoms with Crippen LogP contribution in [0.3, 0.4) is 0 Å². The molecule has 4 rings (SSSR count). The Hall–Kier alpha value is -3.01. The van der Waals surface area contributed by atoms with E-state index in [4.69, 9.17) is 9.47 Å². The summed E-state index contributed by atoms with van der Waals surface area (Å²) in [5, 5.41) is 9.60. The number of carbonyl (C=O) groups is 2. The highest BCUT2D eigenvalue weighted by Crippen LogP contribution is 2.38. The van der Waals surface area contributed by atoms with Gasteiger partial charge in [0, 0.05) is 24.3 Å². The van der Waals surface area contributed by atoms with Crippen molar-refractivity contribution in [2.45, 2.75) is 50.4 Å². The molecule has 1 atom stereocenters. The van der Waals surface area contributed by atoms with Crippen molar-refractivity contribution in [1.82, 2.24) is 15.3 Å². The molecule has 1 aliphatic carbocycles. The van der Waals surface area contributed by atoms with Crippen LogP contribution in [0.5, 0.6) is 0 Å². The van der Waals surface area contributed by atoms with Crippen molar-refractivity contribution in [3.63, 3.8) is 0 Å². The largest absolute Gasteiger partial charge is 0.444 e. The van der Waals surface area contributed by atoms with Crippen LogP contribution in [-0.4, -0.2) is 46.1 Å². The molecule has 1 saturated heterocycles. The lowest BCUT2D eigenvalue weighted by molar-refractivity contribution is -0.124. The molecule has 1 unspecified atom stereocenters. The van der Waals surface area contributed by atoms with E-state index < -0.39 is 24.1 Å². The predicted molar refractivity (Wildman–Crippen MR) is 101 cm³/mol. The summed E-state index contributed by atoms with van der Waals surface area (Å²) in [6.45, 7) is 0.200. The number of anilines is 1. The molecule has 1 aromatic carbocycles. The summed E-state index contributed by atoms with van der Waals surface area (Å²) in [4.78, 5) is 23.9. The van der Waals surface area contributed by atoms with E-state index in [9.17, 15) is 18.5 Å². The number of aromatic amines is 1. The minimum absolute atomic E-state index is 0.0694. The van der Waals surface area contributed by atoms with Gasteiger partial charge in [0.2, 0.25) is 0 Å². The van der Waals surface area contributed by atoms with Gasteiger partial charge in [-0.05, 0) is 43.4 Å². The number of H-pyrrole nitrogens is 1. The number of benzene rings is 1. The Morgan fingerprint density at radius 1 is 1.33 bits per heavy atom. The minimum Gasteiger partial charge on any atom is -0.444 e. The van der Waals surface area contributed by atoms with Crippen LogP contribution >= 0.6 is 0 Å². The predicted octanol–water partition coefficient (Wildman–Crippen LogP) is 3.44. The fourth-order valence-corrected chi connectivity index (χ4v) is 3.58. The fourth-order valence-electron chi connectivity index (χ4n) is 3.58. The molecular weight excluding hydrogens is 398 g/mol. The molecule has 30 heavy (non-hydrogen) atoms. The average molecular weight is 420 g/mol. The van der Waals surface area contributed by atoms with Gasteiger partial charge in [0.1, 0.15) is 18.0 Å². The number of hydrogen-bond acceptors (Lipinski definition) is 5. The fraction of sp³-hybridized carbons (Fsp3) is 0.450. The van der Waals surface area contributed by atoms with E-state index in [1.165, 1.54) is 18.2 Å². The van der Waals surface area contributed by atoms with Crippen LogP contribution < -0.4 is 5.32 Å². The number of nitrogens with one attached hydrogen (secondary N) is 2. The molecule has 8 nitrogen and oxygen atoms in total. The number of nitrogens with zero attached hydrogens (tertiary/aromatic N) is 2. The van der Waals surface area contributed by atoms with Crippen LogP contribution in [-0.2, 0) is 20.8 Å². The van der Waals surface area contributed by atoms with Crippen molar-refractivity contribution in [3.05, 3.63) is 47.4 Å². The van der Waals surface area contributed by atoms with Gasteiger partial charge >= 0.3 is 6.09 Å². The SMILES string of the molecule is O=C(Nc1cc(C2CC(OC(=O)N(F)Cc3cccc(F)c3)C2)[nH]n1)C1CCCO1. The minimum atomic E-state index is -1.10. The Morgan fingerprint density at radius 2 is 2.17 bits per heavy atom. The highest BCUT2D eigenvalue weighted by molar-refractivity contribution is 5.93. The normalized spacial score (nSPS) is 22.9. The van der Waals surface area contributed by atoms with E-state index in [1.54, 1.807) is 6.07 Å². The molecule has 2 aliphatic rings. The summed E-state index contributed by atoms with van der Waals surface area (Å²) in [6.07, 6.45) is 0.641. The Morgan fingerprint density at radius 3 is 2.90 bits per heavy atom. The van der Waals surface area contributed by atoms with Crippen LogP contribution in [0.4, 0.5) is 19.5 Å². The Bertz CT molecular complexity index is 910. The zero-order valence-corrected chi connectivity index (χ0v) is 16.1. The molecular formula is C20H22F2N4O4. The summed E-state index contributed by atoms with van der Waals surface area (Å²) in [5.41, 5.74) is 1.14.